The molecular formula is C27H24Cl2N4O. The van der Waals surface area contributed by atoms with Crippen LogP contribution >= 0.6 is 23.2 Å². The zero-order valence-electron chi connectivity index (χ0n) is 18.5. The molecule has 172 valence electrons. The van der Waals surface area contributed by atoms with E-state index in [9.17, 15) is 4.79 Å². The molecule has 0 atom stereocenters. The van der Waals surface area contributed by atoms with E-state index in [1.54, 1.807) is 18.2 Å². The minimum atomic E-state index is -0.182. The van der Waals surface area contributed by atoms with Gasteiger partial charge in [0.25, 0.3) is 5.91 Å². The Morgan fingerprint density at radius 1 is 0.912 bits per heavy atom. The van der Waals surface area contributed by atoms with E-state index in [0.717, 1.165) is 48.2 Å². The lowest BCUT2D eigenvalue weighted by Gasteiger charge is -2.34. The molecule has 0 spiro atoms. The number of carbonyl (C=O) groups is 1. The highest BCUT2D eigenvalue weighted by atomic mass is 35.5. The third kappa shape index (κ3) is 4.81. The van der Waals surface area contributed by atoms with Crippen LogP contribution in [0.15, 0.2) is 79.0 Å². The van der Waals surface area contributed by atoms with Crippen LogP contribution in [0.1, 0.15) is 23.2 Å². The van der Waals surface area contributed by atoms with Crippen LogP contribution in [0.3, 0.4) is 0 Å². The van der Waals surface area contributed by atoms with Gasteiger partial charge in [-0.25, -0.2) is 0 Å². The SMILES string of the molecule is O=C(NC1CCN(c2ccnc3cc(Nc4ccccc4)ccc23)CC1)c1cccc(Cl)c1Cl. The Hall–Kier alpha value is -3.28. The monoisotopic (exact) mass is 490 g/mol. The lowest BCUT2D eigenvalue weighted by molar-refractivity contribution is 0.0931. The maximum atomic E-state index is 12.7. The largest absolute Gasteiger partial charge is 0.371 e. The molecule has 2 heterocycles. The highest BCUT2D eigenvalue weighted by Crippen LogP contribution is 2.31. The van der Waals surface area contributed by atoms with E-state index in [4.69, 9.17) is 23.2 Å². The first-order chi connectivity index (χ1) is 16.6. The standard InChI is InChI=1S/C27H24Cl2N4O/c28-23-8-4-7-22(26(23)29)27(34)32-19-12-15-33(16-13-19)25-11-14-30-24-17-20(9-10-21(24)25)31-18-5-2-1-3-6-18/h1-11,14,17,19,31H,12-13,15-16H2,(H,32,34). The van der Waals surface area contributed by atoms with Crippen LogP contribution in [-0.4, -0.2) is 30.0 Å². The topological polar surface area (TPSA) is 57.3 Å². The summed E-state index contributed by atoms with van der Waals surface area (Å²) in [6.45, 7) is 1.69. The first-order valence-electron chi connectivity index (χ1n) is 11.3. The summed E-state index contributed by atoms with van der Waals surface area (Å²) in [5, 5.41) is 8.34. The number of anilines is 3. The average Bonchev–Trinajstić information content (AvgIpc) is 2.86. The van der Waals surface area contributed by atoms with Gasteiger partial charge >= 0.3 is 0 Å². The summed E-state index contributed by atoms with van der Waals surface area (Å²) in [5.74, 6) is -0.182. The third-order valence-electron chi connectivity index (χ3n) is 6.15. The molecule has 1 aliphatic rings. The molecule has 5 nitrogen and oxygen atoms in total. The number of fused-ring (bicyclic) bond motifs is 1. The Morgan fingerprint density at radius 3 is 2.50 bits per heavy atom. The predicted octanol–water partition coefficient (Wildman–Crippen LogP) is 6.68. The molecule has 0 saturated carbocycles. The van der Waals surface area contributed by atoms with Crippen LogP contribution < -0.4 is 15.5 Å². The van der Waals surface area contributed by atoms with Crippen LogP contribution in [0.4, 0.5) is 17.1 Å². The van der Waals surface area contributed by atoms with Gasteiger partial charge in [0, 0.05) is 47.8 Å². The predicted molar refractivity (Wildman–Crippen MR) is 141 cm³/mol. The molecule has 0 unspecified atom stereocenters. The quantitative estimate of drug-likeness (QED) is 0.327. The number of amides is 1. The minimum absolute atomic E-state index is 0.0913. The van der Waals surface area contributed by atoms with Crippen molar-refractivity contribution in [2.24, 2.45) is 0 Å². The van der Waals surface area contributed by atoms with Gasteiger partial charge < -0.3 is 15.5 Å². The molecule has 1 aromatic heterocycles. The van der Waals surface area contributed by atoms with E-state index in [1.807, 2.05) is 36.5 Å². The van der Waals surface area contributed by atoms with Crippen molar-refractivity contribution in [3.05, 3.63) is 94.6 Å². The Bertz CT molecular complexity index is 1320. The van der Waals surface area contributed by atoms with E-state index >= 15 is 0 Å². The van der Waals surface area contributed by atoms with Crippen molar-refractivity contribution >= 4 is 57.1 Å². The van der Waals surface area contributed by atoms with Crippen LogP contribution in [0.5, 0.6) is 0 Å². The molecule has 4 aromatic rings. The molecule has 0 radical (unpaired) electrons. The fraction of sp³-hybridized carbons (Fsp3) is 0.185. The molecule has 3 aromatic carbocycles. The number of benzene rings is 3. The zero-order valence-corrected chi connectivity index (χ0v) is 20.0. The normalized spacial score (nSPS) is 14.2. The maximum absolute atomic E-state index is 12.7. The second-order valence-corrected chi connectivity index (χ2v) is 9.17. The summed E-state index contributed by atoms with van der Waals surface area (Å²) >= 11 is 12.3. The Balaban J connectivity index is 1.26. The van der Waals surface area contributed by atoms with Crippen LogP contribution in [0.25, 0.3) is 10.9 Å². The van der Waals surface area contributed by atoms with Gasteiger partial charge in [-0.2, -0.15) is 0 Å². The van der Waals surface area contributed by atoms with Crippen molar-refractivity contribution in [2.45, 2.75) is 18.9 Å². The number of hydrogen-bond donors (Lipinski definition) is 2. The first-order valence-corrected chi connectivity index (χ1v) is 12.0. The molecule has 34 heavy (non-hydrogen) atoms. The molecule has 5 rings (SSSR count). The summed E-state index contributed by atoms with van der Waals surface area (Å²) in [6, 6.07) is 23.7. The van der Waals surface area contributed by atoms with Gasteiger partial charge in [-0.3, -0.25) is 9.78 Å². The smallest absolute Gasteiger partial charge is 0.253 e. The van der Waals surface area contributed by atoms with Gasteiger partial charge in [-0.05, 0) is 61.4 Å². The van der Waals surface area contributed by atoms with Gasteiger partial charge in [-0.15, -0.1) is 0 Å². The third-order valence-corrected chi connectivity index (χ3v) is 6.97. The minimum Gasteiger partial charge on any atom is -0.371 e. The number of nitrogens with zero attached hydrogens (tertiary/aromatic N) is 2. The van der Waals surface area contributed by atoms with E-state index in [1.165, 1.54) is 5.69 Å². The fourth-order valence-electron chi connectivity index (χ4n) is 4.38. The number of pyridine rings is 1. The van der Waals surface area contributed by atoms with Crippen LogP contribution in [0.2, 0.25) is 10.0 Å². The van der Waals surface area contributed by atoms with Crippen molar-refractivity contribution < 1.29 is 4.79 Å². The van der Waals surface area contributed by atoms with Crippen LogP contribution in [0, 0.1) is 0 Å². The highest BCUT2D eigenvalue weighted by molar-refractivity contribution is 6.43. The molecule has 1 amide bonds. The van der Waals surface area contributed by atoms with Crippen molar-refractivity contribution in [2.75, 3.05) is 23.3 Å². The number of nitrogens with one attached hydrogen (secondary N) is 2. The number of halogens is 2. The van der Waals surface area contributed by atoms with Gasteiger partial charge in [0.2, 0.25) is 0 Å². The van der Waals surface area contributed by atoms with Crippen LogP contribution in [-0.2, 0) is 0 Å². The number of para-hydroxylation sites is 1. The summed E-state index contributed by atoms with van der Waals surface area (Å²) in [4.78, 5) is 19.7. The summed E-state index contributed by atoms with van der Waals surface area (Å²) in [6.07, 6.45) is 3.56. The van der Waals surface area contributed by atoms with Crippen molar-refractivity contribution in [1.82, 2.24) is 10.3 Å². The number of piperidine rings is 1. The van der Waals surface area contributed by atoms with E-state index < -0.39 is 0 Å². The molecule has 1 aliphatic heterocycles. The second kappa shape index (κ2) is 9.92. The van der Waals surface area contributed by atoms with Crippen molar-refractivity contribution in [3.63, 3.8) is 0 Å². The summed E-state index contributed by atoms with van der Waals surface area (Å²) in [5.41, 5.74) is 4.57. The average molecular weight is 491 g/mol. The van der Waals surface area contributed by atoms with E-state index in [0.29, 0.717) is 15.6 Å². The van der Waals surface area contributed by atoms with Crippen molar-refractivity contribution in [1.29, 1.82) is 0 Å². The van der Waals surface area contributed by atoms with E-state index in [2.05, 4.69) is 44.8 Å². The Kier molecular flexibility index (Phi) is 6.57. The summed E-state index contributed by atoms with van der Waals surface area (Å²) in [7, 11) is 0. The molecular weight excluding hydrogens is 467 g/mol. The molecule has 0 bridgehead atoms. The van der Waals surface area contributed by atoms with Gasteiger partial charge in [-0.1, -0.05) is 47.5 Å². The molecule has 0 aliphatic carbocycles. The lowest BCUT2D eigenvalue weighted by atomic mass is 10.0. The summed E-state index contributed by atoms with van der Waals surface area (Å²) < 4.78 is 0. The molecule has 7 heteroatoms. The van der Waals surface area contributed by atoms with Gasteiger partial charge in [0.05, 0.1) is 21.1 Å². The molecule has 1 fully saturated rings. The lowest BCUT2D eigenvalue weighted by Crippen LogP contribution is -2.44. The first kappa shape index (κ1) is 22.5. The molecule has 2 N–H and O–H groups in total. The fourth-order valence-corrected chi connectivity index (χ4v) is 4.77. The maximum Gasteiger partial charge on any atom is 0.253 e. The number of hydrogen-bond acceptors (Lipinski definition) is 4. The highest BCUT2D eigenvalue weighted by Gasteiger charge is 2.23. The Labute approximate surface area is 208 Å². The van der Waals surface area contributed by atoms with Crippen molar-refractivity contribution in [3.8, 4) is 0 Å². The Morgan fingerprint density at radius 2 is 1.71 bits per heavy atom. The second-order valence-electron chi connectivity index (χ2n) is 8.39. The number of rotatable bonds is 5. The van der Waals surface area contributed by atoms with E-state index in [-0.39, 0.29) is 11.9 Å². The van der Waals surface area contributed by atoms with Gasteiger partial charge in [0.1, 0.15) is 0 Å². The number of aromatic nitrogens is 1. The van der Waals surface area contributed by atoms with Gasteiger partial charge in [0.15, 0.2) is 0 Å². The number of carbonyl (C=O) groups excluding carboxylic acids is 1. The zero-order chi connectivity index (χ0) is 23.5. The molecule has 1 saturated heterocycles.